The van der Waals surface area contributed by atoms with E-state index in [-0.39, 0.29) is 29.9 Å². The van der Waals surface area contributed by atoms with Crippen molar-refractivity contribution in [1.82, 2.24) is 9.62 Å². The van der Waals surface area contributed by atoms with Gasteiger partial charge in [-0.15, -0.1) is 0 Å². The molecule has 1 saturated carbocycles. The molecule has 1 saturated heterocycles. The minimum Gasteiger partial charge on any atom is -0.351 e. The average Bonchev–Trinajstić information content (AvgIpc) is 3.29. The first-order valence-electron chi connectivity index (χ1n) is 11.8. The van der Waals surface area contributed by atoms with Crippen LogP contribution in [0.3, 0.4) is 0 Å². The average molecular weight is 484 g/mol. The highest BCUT2D eigenvalue weighted by atomic mass is 32.2. The second kappa shape index (κ2) is 9.15. The molecule has 2 amide bonds. The van der Waals surface area contributed by atoms with Gasteiger partial charge in [0.1, 0.15) is 5.54 Å². The van der Waals surface area contributed by atoms with Gasteiger partial charge in [0, 0.05) is 18.3 Å². The first-order valence-corrected chi connectivity index (χ1v) is 13.2. The molecule has 0 aromatic heterocycles. The Labute approximate surface area is 202 Å². The zero-order valence-electron chi connectivity index (χ0n) is 20.3. The van der Waals surface area contributed by atoms with Crippen LogP contribution in [0.1, 0.15) is 49.3 Å². The lowest BCUT2D eigenvalue weighted by Gasteiger charge is -2.47. The van der Waals surface area contributed by atoms with Crippen molar-refractivity contribution < 1.29 is 18.0 Å². The summed E-state index contributed by atoms with van der Waals surface area (Å²) in [7, 11) is -3.96. The summed E-state index contributed by atoms with van der Waals surface area (Å²) in [5.41, 5.74) is 2.08. The molecule has 2 aliphatic rings. The van der Waals surface area contributed by atoms with Crippen LogP contribution >= 0.6 is 0 Å². The molecular formula is C26H33N3O4S. The van der Waals surface area contributed by atoms with Crippen LogP contribution in [-0.4, -0.2) is 49.2 Å². The molecule has 2 aromatic carbocycles. The Morgan fingerprint density at radius 3 is 2.32 bits per heavy atom. The number of benzene rings is 2. The fourth-order valence-electron chi connectivity index (χ4n) is 4.96. The predicted octanol–water partition coefficient (Wildman–Crippen LogP) is 3.47. The number of aryl methyl sites for hydroxylation is 2. The van der Waals surface area contributed by atoms with Gasteiger partial charge in [0.05, 0.1) is 11.4 Å². The first-order chi connectivity index (χ1) is 16.0. The van der Waals surface area contributed by atoms with Crippen LogP contribution in [0, 0.1) is 20.8 Å². The molecule has 1 atom stereocenters. The van der Waals surface area contributed by atoms with E-state index in [1.165, 1.54) is 4.90 Å². The van der Waals surface area contributed by atoms with Crippen molar-refractivity contribution in [2.24, 2.45) is 0 Å². The number of amides is 2. The molecule has 182 valence electrons. The number of nitrogens with zero attached hydrogens (tertiary/aromatic N) is 2. The minimum absolute atomic E-state index is 0.0453. The maximum absolute atomic E-state index is 13.7. The maximum atomic E-state index is 13.7. The molecule has 7 nitrogen and oxygen atoms in total. The third-order valence-electron chi connectivity index (χ3n) is 7.19. The molecule has 4 rings (SSSR count). The van der Waals surface area contributed by atoms with Gasteiger partial charge >= 0.3 is 0 Å². The van der Waals surface area contributed by atoms with Crippen molar-refractivity contribution in [2.45, 2.75) is 69.9 Å². The topological polar surface area (TPSA) is 86.8 Å². The van der Waals surface area contributed by atoms with Gasteiger partial charge in [0.15, 0.2) is 0 Å². The summed E-state index contributed by atoms with van der Waals surface area (Å²) in [6.45, 7) is 6.98. The van der Waals surface area contributed by atoms with Gasteiger partial charge in [0.2, 0.25) is 21.8 Å². The van der Waals surface area contributed by atoms with E-state index in [9.17, 15) is 18.0 Å². The number of nitrogens with one attached hydrogen (secondary N) is 1. The Morgan fingerprint density at radius 2 is 1.68 bits per heavy atom. The highest BCUT2D eigenvalue weighted by Gasteiger charge is 2.51. The predicted molar refractivity (Wildman–Crippen MR) is 132 cm³/mol. The Kier molecular flexibility index (Phi) is 6.57. The minimum atomic E-state index is -3.96. The van der Waals surface area contributed by atoms with E-state index in [0.29, 0.717) is 5.69 Å². The zero-order valence-corrected chi connectivity index (χ0v) is 21.1. The lowest BCUT2D eigenvalue weighted by atomic mass is 9.92. The molecule has 1 N–H and O–H groups in total. The quantitative estimate of drug-likeness (QED) is 0.706. The number of sulfonamides is 1. The van der Waals surface area contributed by atoms with Crippen molar-refractivity contribution in [1.29, 1.82) is 0 Å². The van der Waals surface area contributed by atoms with E-state index in [1.54, 1.807) is 31.2 Å². The van der Waals surface area contributed by atoms with Gasteiger partial charge in [-0.2, -0.15) is 4.31 Å². The number of hydrogen-bond donors (Lipinski definition) is 1. The number of rotatable bonds is 5. The molecule has 0 unspecified atom stereocenters. The van der Waals surface area contributed by atoms with Crippen LogP contribution < -0.4 is 10.2 Å². The van der Waals surface area contributed by atoms with Crippen LogP contribution in [0.25, 0.3) is 0 Å². The summed E-state index contributed by atoms with van der Waals surface area (Å²) in [5.74, 6) is -0.739. The molecule has 2 aromatic rings. The molecule has 1 heterocycles. The monoisotopic (exact) mass is 483 g/mol. The van der Waals surface area contributed by atoms with Gasteiger partial charge in [0.25, 0.3) is 0 Å². The van der Waals surface area contributed by atoms with Gasteiger partial charge in [-0.25, -0.2) is 8.42 Å². The van der Waals surface area contributed by atoms with E-state index in [0.717, 1.165) is 46.7 Å². The molecule has 0 spiro atoms. The number of carbonyl (C=O) groups is 2. The van der Waals surface area contributed by atoms with Crippen LogP contribution in [0.5, 0.6) is 0 Å². The summed E-state index contributed by atoms with van der Waals surface area (Å²) in [5, 5.41) is 3.11. The SMILES string of the molecule is Cc1ccc(S(=O)(=O)N2CC(=O)N(c3cccc(C)c3C)[C@](C)(C(=O)NC3CCCC3)C2)cc1. The van der Waals surface area contributed by atoms with E-state index in [4.69, 9.17) is 0 Å². The Balaban J connectivity index is 1.76. The maximum Gasteiger partial charge on any atom is 0.247 e. The summed E-state index contributed by atoms with van der Waals surface area (Å²) in [6, 6.07) is 12.2. The third-order valence-corrected chi connectivity index (χ3v) is 9.00. The van der Waals surface area contributed by atoms with Gasteiger partial charge < -0.3 is 5.32 Å². The van der Waals surface area contributed by atoms with E-state index in [2.05, 4.69) is 5.32 Å². The van der Waals surface area contributed by atoms with Gasteiger partial charge in [-0.3, -0.25) is 14.5 Å². The van der Waals surface area contributed by atoms with E-state index >= 15 is 0 Å². The standard InChI is InChI=1S/C26H33N3O4S/c1-18-12-14-22(15-13-18)34(32,33)28-16-24(30)29(23-11-7-8-19(2)20(23)3)26(4,17-28)25(31)27-21-9-5-6-10-21/h7-8,11-15,21H,5-6,9-10,16-17H2,1-4H3,(H,27,31)/t26-/m0/s1. The van der Waals surface area contributed by atoms with Crippen LogP contribution in [0.15, 0.2) is 47.4 Å². The van der Waals surface area contributed by atoms with E-state index in [1.807, 2.05) is 39.0 Å². The van der Waals surface area contributed by atoms with Crippen molar-refractivity contribution in [3.05, 3.63) is 59.2 Å². The second-order valence-corrected chi connectivity index (χ2v) is 11.7. The van der Waals surface area contributed by atoms with Crippen molar-refractivity contribution >= 4 is 27.5 Å². The second-order valence-electron chi connectivity index (χ2n) is 9.76. The third kappa shape index (κ3) is 4.36. The summed E-state index contributed by atoms with van der Waals surface area (Å²) < 4.78 is 28.1. The molecule has 1 aliphatic carbocycles. The normalized spacial score (nSPS) is 22.2. The Hall–Kier alpha value is -2.71. The molecular weight excluding hydrogens is 450 g/mol. The Morgan fingerprint density at radius 1 is 1.03 bits per heavy atom. The summed E-state index contributed by atoms with van der Waals surface area (Å²) in [6.07, 6.45) is 3.89. The highest BCUT2D eigenvalue weighted by molar-refractivity contribution is 7.89. The molecule has 0 radical (unpaired) electrons. The highest BCUT2D eigenvalue weighted by Crippen LogP contribution is 2.35. The number of piperazine rings is 1. The van der Waals surface area contributed by atoms with Crippen molar-refractivity contribution in [3.63, 3.8) is 0 Å². The van der Waals surface area contributed by atoms with Gasteiger partial charge in [-0.1, -0.05) is 42.7 Å². The fraction of sp³-hybridized carbons (Fsp3) is 0.462. The van der Waals surface area contributed by atoms with Gasteiger partial charge in [-0.05, 0) is 69.9 Å². The largest absolute Gasteiger partial charge is 0.351 e. The molecule has 8 heteroatoms. The molecule has 1 aliphatic heterocycles. The number of carbonyl (C=O) groups excluding carboxylic acids is 2. The lowest BCUT2D eigenvalue weighted by molar-refractivity contribution is -0.133. The van der Waals surface area contributed by atoms with Crippen LogP contribution in [-0.2, 0) is 19.6 Å². The summed E-state index contributed by atoms with van der Waals surface area (Å²) in [4.78, 5) is 29.0. The van der Waals surface area contributed by atoms with Crippen LogP contribution in [0.2, 0.25) is 0 Å². The molecule has 0 bridgehead atoms. The molecule has 2 fully saturated rings. The van der Waals surface area contributed by atoms with Crippen molar-refractivity contribution in [3.8, 4) is 0 Å². The number of anilines is 1. The Bertz CT molecular complexity index is 1200. The van der Waals surface area contributed by atoms with E-state index < -0.39 is 21.5 Å². The summed E-state index contributed by atoms with van der Waals surface area (Å²) >= 11 is 0. The van der Waals surface area contributed by atoms with Crippen molar-refractivity contribution in [2.75, 3.05) is 18.0 Å². The zero-order chi connectivity index (χ0) is 24.7. The number of hydrogen-bond acceptors (Lipinski definition) is 4. The lowest BCUT2D eigenvalue weighted by Crippen LogP contribution is -2.70. The first kappa shape index (κ1) is 24.4. The fourth-order valence-corrected chi connectivity index (χ4v) is 6.44. The van der Waals surface area contributed by atoms with Crippen LogP contribution in [0.4, 0.5) is 5.69 Å². The molecule has 34 heavy (non-hydrogen) atoms. The smallest absolute Gasteiger partial charge is 0.247 e.